The number of aliphatic hydroxyl groups is 1. The molecule has 6 nitrogen and oxygen atoms in total. The predicted molar refractivity (Wildman–Crippen MR) is 35.3 cm³/mol. The van der Waals surface area contributed by atoms with Crippen LogP contribution < -0.4 is 0 Å². The molecule has 7 heteroatoms. The van der Waals surface area contributed by atoms with Gasteiger partial charge in [0.15, 0.2) is 0 Å². The summed E-state index contributed by atoms with van der Waals surface area (Å²) in [7, 11) is -1.88. The minimum atomic E-state index is -3.87. The summed E-state index contributed by atoms with van der Waals surface area (Å²) in [5, 5.41) is 16.9. The summed E-state index contributed by atoms with van der Waals surface area (Å²) in [4.78, 5) is 10.1. The number of hydrogen-bond donors (Lipinski definition) is 2. The third-order valence-electron chi connectivity index (χ3n) is 1.03. The van der Waals surface area contributed by atoms with Gasteiger partial charge in [0.2, 0.25) is 0 Å². The van der Waals surface area contributed by atoms with E-state index in [0.717, 1.165) is 14.2 Å². The number of rotatable bonds is 4. The van der Waals surface area contributed by atoms with Crippen molar-refractivity contribution in [3.05, 3.63) is 0 Å². The summed E-state index contributed by atoms with van der Waals surface area (Å²) in [5.74, 6) is -3.77. The highest BCUT2D eigenvalue weighted by atomic mass is 31.2. The minimum Gasteiger partial charge on any atom is -0.479 e. The van der Waals surface area contributed by atoms with E-state index in [-0.39, 0.29) is 0 Å². The average Bonchev–Trinajstić information content (AvgIpc) is 2.01. The average molecular weight is 184 g/mol. The predicted octanol–water partition coefficient (Wildman–Crippen LogP) is -0.125. The van der Waals surface area contributed by atoms with Crippen molar-refractivity contribution >= 4 is 13.6 Å². The Labute approximate surface area is 63.3 Å². The molecule has 0 aromatic rings. The van der Waals surface area contributed by atoms with Crippen molar-refractivity contribution in [1.82, 2.24) is 0 Å². The van der Waals surface area contributed by atoms with Gasteiger partial charge in [-0.3, -0.25) is 4.57 Å². The van der Waals surface area contributed by atoms with Crippen LogP contribution in [0.3, 0.4) is 0 Å². The number of aliphatic hydroxyl groups excluding tert-OH is 1. The Morgan fingerprint density at radius 1 is 1.45 bits per heavy atom. The molecule has 2 N–H and O–H groups in total. The lowest BCUT2D eigenvalue weighted by Gasteiger charge is -2.15. The summed E-state index contributed by atoms with van der Waals surface area (Å²) in [5.41, 5.74) is 0. The second-order valence-electron chi connectivity index (χ2n) is 1.62. The molecule has 0 bridgehead atoms. The molecule has 0 spiro atoms. The van der Waals surface area contributed by atoms with Crippen LogP contribution in [0.2, 0.25) is 0 Å². The van der Waals surface area contributed by atoms with Crippen LogP contribution in [0, 0.1) is 0 Å². The highest BCUT2D eigenvalue weighted by Gasteiger charge is 2.38. The fraction of sp³-hybridized carbons (Fsp3) is 0.750. The molecule has 0 radical (unpaired) electrons. The lowest BCUT2D eigenvalue weighted by atomic mass is 10.7. The highest BCUT2D eigenvalue weighted by Crippen LogP contribution is 2.50. The van der Waals surface area contributed by atoms with Gasteiger partial charge in [-0.1, -0.05) is 0 Å². The molecular weight excluding hydrogens is 175 g/mol. The Kier molecular flexibility index (Phi) is 3.68. The van der Waals surface area contributed by atoms with Gasteiger partial charge < -0.3 is 19.3 Å². The number of carboxylic acids is 1. The largest absolute Gasteiger partial charge is 0.479 e. The van der Waals surface area contributed by atoms with E-state index in [4.69, 9.17) is 10.2 Å². The van der Waals surface area contributed by atoms with Crippen LogP contribution in [0.1, 0.15) is 0 Å². The molecule has 0 aliphatic carbocycles. The second kappa shape index (κ2) is 3.82. The Bertz CT molecular complexity index is 181. The molecule has 1 atom stereocenters. The smallest absolute Gasteiger partial charge is 0.369 e. The Balaban J connectivity index is 4.51. The first-order chi connectivity index (χ1) is 4.98. The summed E-state index contributed by atoms with van der Waals surface area (Å²) in [6.07, 6.45) is 0. The van der Waals surface area contributed by atoms with E-state index in [2.05, 4.69) is 9.05 Å². The van der Waals surface area contributed by atoms with Gasteiger partial charge in [0.1, 0.15) is 0 Å². The molecular formula is C4H9O6P. The molecule has 0 aliphatic heterocycles. The Hall–Kier alpha value is -0.420. The summed E-state index contributed by atoms with van der Waals surface area (Å²) >= 11 is 0. The van der Waals surface area contributed by atoms with Crippen molar-refractivity contribution in [3.63, 3.8) is 0 Å². The number of carboxylic acid groups (broad SMARTS) is 1. The van der Waals surface area contributed by atoms with Crippen molar-refractivity contribution in [1.29, 1.82) is 0 Å². The van der Waals surface area contributed by atoms with Gasteiger partial charge in [0, 0.05) is 14.2 Å². The molecule has 0 heterocycles. The van der Waals surface area contributed by atoms with Crippen molar-refractivity contribution in [3.8, 4) is 0 Å². The van der Waals surface area contributed by atoms with Gasteiger partial charge in [0.05, 0.1) is 0 Å². The van der Waals surface area contributed by atoms with E-state index in [0.29, 0.717) is 0 Å². The SMILES string of the molecule is COP(=O)(OC)C(O)C(=O)O. The quantitative estimate of drug-likeness (QED) is 0.591. The Morgan fingerprint density at radius 2 is 1.82 bits per heavy atom. The summed E-state index contributed by atoms with van der Waals surface area (Å²) in [6.45, 7) is 0. The van der Waals surface area contributed by atoms with Gasteiger partial charge in [-0.2, -0.15) is 0 Å². The Morgan fingerprint density at radius 3 is 1.91 bits per heavy atom. The maximum atomic E-state index is 11.0. The van der Waals surface area contributed by atoms with Crippen LogP contribution in [0.15, 0.2) is 0 Å². The third kappa shape index (κ3) is 2.27. The first-order valence-electron chi connectivity index (χ1n) is 2.60. The topological polar surface area (TPSA) is 93.1 Å². The first kappa shape index (κ1) is 10.6. The van der Waals surface area contributed by atoms with Crippen LogP contribution >= 0.6 is 7.60 Å². The molecule has 0 saturated carbocycles. The molecule has 0 amide bonds. The molecule has 0 saturated heterocycles. The van der Waals surface area contributed by atoms with E-state index >= 15 is 0 Å². The molecule has 11 heavy (non-hydrogen) atoms. The zero-order valence-corrected chi connectivity index (χ0v) is 6.95. The van der Waals surface area contributed by atoms with Crippen molar-refractivity contribution in [2.45, 2.75) is 5.85 Å². The van der Waals surface area contributed by atoms with Gasteiger partial charge in [-0.05, 0) is 0 Å². The standard InChI is InChI=1S/C4H9O6P/c1-9-11(8,10-2)4(7)3(5)6/h4,7H,1-2H3,(H,5,6). The van der Waals surface area contributed by atoms with Crippen molar-refractivity contribution < 1.29 is 28.6 Å². The number of carbonyl (C=O) groups is 1. The highest BCUT2D eigenvalue weighted by molar-refractivity contribution is 7.55. The minimum absolute atomic E-state index is 0.996. The zero-order valence-electron chi connectivity index (χ0n) is 6.05. The van der Waals surface area contributed by atoms with Gasteiger partial charge >= 0.3 is 13.6 Å². The fourth-order valence-corrected chi connectivity index (χ4v) is 1.23. The molecule has 1 unspecified atom stereocenters. The second-order valence-corrected chi connectivity index (χ2v) is 3.92. The molecule has 0 aromatic carbocycles. The van der Waals surface area contributed by atoms with E-state index in [9.17, 15) is 9.36 Å². The van der Waals surface area contributed by atoms with Gasteiger partial charge in [-0.25, -0.2) is 4.79 Å². The molecule has 0 rings (SSSR count). The third-order valence-corrected chi connectivity index (χ3v) is 2.87. The van der Waals surface area contributed by atoms with E-state index in [1.54, 1.807) is 0 Å². The zero-order chi connectivity index (χ0) is 9.07. The van der Waals surface area contributed by atoms with E-state index in [1.165, 1.54) is 0 Å². The maximum absolute atomic E-state index is 11.0. The molecule has 66 valence electrons. The molecule has 0 aliphatic rings. The molecule has 0 fully saturated rings. The maximum Gasteiger partial charge on any atom is 0.369 e. The number of hydrogen-bond acceptors (Lipinski definition) is 5. The lowest BCUT2D eigenvalue weighted by molar-refractivity contribution is -0.143. The monoisotopic (exact) mass is 184 g/mol. The van der Waals surface area contributed by atoms with Crippen LogP contribution in [-0.2, 0) is 18.4 Å². The normalized spacial score (nSPS) is 14.5. The van der Waals surface area contributed by atoms with Crippen LogP contribution in [-0.4, -0.2) is 36.2 Å². The molecule has 0 aromatic heterocycles. The van der Waals surface area contributed by atoms with Crippen molar-refractivity contribution in [2.75, 3.05) is 14.2 Å². The summed E-state index contributed by atoms with van der Waals surface area (Å²) in [6, 6.07) is 0. The van der Waals surface area contributed by atoms with Crippen LogP contribution in [0.5, 0.6) is 0 Å². The first-order valence-corrected chi connectivity index (χ1v) is 4.21. The van der Waals surface area contributed by atoms with Gasteiger partial charge in [0.25, 0.3) is 5.85 Å². The van der Waals surface area contributed by atoms with Crippen LogP contribution in [0.25, 0.3) is 0 Å². The summed E-state index contributed by atoms with van der Waals surface area (Å²) < 4.78 is 19.4. The van der Waals surface area contributed by atoms with Gasteiger partial charge in [-0.15, -0.1) is 0 Å². The lowest BCUT2D eigenvalue weighted by Crippen LogP contribution is -2.21. The van der Waals surface area contributed by atoms with Crippen molar-refractivity contribution in [2.24, 2.45) is 0 Å². The fourth-order valence-electron chi connectivity index (χ4n) is 0.409. The van der Waals surface area contributed by atoms with Crippen LogP contribution in [0.4, 0.5) is 0 Å². The van der Waals surface area contributed by atoms with E-state index in [1.807, 2.05) is 0 Å². The number of aliphatic carboxylic acids is 1. The van der Waals surface area contributed by atoms with E-state index < -0.39 is 19.4 Å².